The van der Waals surface area contributed by atoms with Gasteiger partial charge in [-0.05, 0) is 109 Å². The maximum atomic E-state index is 12.2. The Labute approximate surface area is 343 Å². The van der Waals surface area contributed by atoms with Crippen LogP contribution in [0.5, 0.6) is 0 Å². The lowest BCUT2D eigenvalue weighted by atomic mass is 10.1. The number of carbonyl (C=O) groups excluding carboxylic acids is 2. The minimum Gasteiger partial charge on any atom is -0.462 e. The molecule has 0 bridgehead atoms. The Morgan fingerprint density at radius 2 is 0.714 bits per heavy atom. The third kappa shape index (κ3) is 42.8. The first kappa shape index (κ1) is 52.0. The van der Waals surface area contributed by atoms with Gasteiger partial charge in [0, 0.05) is 12.8 Å². The average Bonchev–Trinajstić information content (AvgIpc) is 3.20. The molecule has 0 fully saturated rings. The van der Waals surface area contributed by atoms with Crippen molar-refractivity contribution in [2.75, 3.05) is 13.2 Å². The fraction of sp³-hybridized carbons (Fsp3) is 0.529. The van der Waals surface area contributed by atoms with Crippen LogP contribution in [0.4, 0.5) is 0 Å². The summed E-state index contributed by atoms with van der Waals surface area (Å²) in [5.74, 6) is -0.670. The van der Waals surface area contributed by atoms with E-state index in [1.54, 1.807) is 0 Å². The number of aliphatic hydroxyl groups is 1. The van der Waals surface area contributed by atoms with Crippen molar-refractivity contribution in [2.45, 2.75) is 161 Å². The number of hydrogen-bond donors (Lipinski definition) is 1. The second-order valence-corrected chi connectivity index (χ2v) is 13.7. The molecule has 0 saturated carbocycles. The molecule has 0 radical (unpaired) electrons. The lowest BCUT2D eigenvalue weighted by Gasteiger charge is -2.15. The van der Waals surface area contributed by atoms with Crippen molar-refractivity contribution in [2.24, 2.45) is 0 Å². The van der Waals surface area contributed by atoms with Gasteiger partial charge in [-0.15, -0.1) is 0 Å². The average molecular weight is 771 g/mol. The molecule has 0 saturated heterocycles. The number of allylic oxidation sites excluding steroid dienone is 22. The van der Waals surface area contributed by atoms with Crippen LogP contribution in [0.15, 0.2) is 134 Å². The number of rotatable bonds is 37. The van der Waals surface area contributed by atoms with Gasteiger partial charge in [-0.1, -0.05) is 167 Å². The van der Waals surface area contributed by atoms with E-state index < -0.39 is 6.10 Å². The molecule has 0 amide bonds. The van der Waals surface area contributed by atoms with Crippen LogP contribution in [0.25, 0.3) is 0 Å². The number of hydrogen-bond acceptors (Lipinski definition) is 5. The number of carbonyl (C=O) groups is 2. The highest BCUT2D eigenvalue weighted by Gasteiger charge is 2.16. The summed E-state index contributed by atoms with van der Waals surface area (Å²) in [5.41, 5.74) is 0. The fourth-order valence-electron chi connectivity index (χ4n) is 5.23. The molecule has 0 aromatic rings. The van der Waals surface area contributed by atoms with Gasteiger partial charge in [0.1, 0.15) is 6.61 Å². The van der Waals surface area contributed by atoms with E-state index in [1.807, 2.05) is 0 Å². The molecule has 0 aromatic heterocycles. The van der Waals surface area contributed by atoms with E-state index in [1.165, 1.54) is 0 Å². The van der Waals surface area contributed by atoms with Crippen LogP contribution in [-0.2, 0) is 19.1 Å². The normalized spacial score (nSPS) is 13.6. The van der Waals surface area contributed by atoms with E-state index >= 15 is 0 Å². The van der Waals surface area contributed by atoms with Gasteiger partial charge in [0.25, 0.3) is 0 Å². The third-order valence-corrected chi connectivity index (χ3v) is 8.44. The molecule has 0 spiro atoms. The summed E-state index contributed by atoms with van der Waals surface area (Å²) in [6.07, 6.45) is 68.1. The Bertz CT molecular complexity index is 1240. The second-order valence-electron chi connectivity index (χ2n) is 13.7. The molecule has 312 valence electrons. The molecule has 1 unspecified atom stereocenters. The topological polar surface area (TPSA) is 72.8 Å². The zero-order chi connectivity index (χ0) is 40.7. The van der Waals surface area contributed by atoms with E-state index in [9.17, 15) is 14.7 Å². The van der Waals surface area contributed by atoms with Crippen molar-refractivity contribution in [3.05, 3.63) is 134 Å². The van der Waals surface area contributed by atoms with Crippen molar-refractivity contribution in [1.82, 2.24) is 0 Å². The first-order chi connectivity index (χ1) is 27.6. The molecular formula is C51H78O5. The van der Waals surface area contributed by atoms with Crippen LogP contribution in [0.3, 0.4) is 0 Å². The molecule has 5 heteroatoms. The zero-order valence-corrected chi connectivity index (χ0v) is 35.3. The van der Waals surface area contributed by atoms with Gasteiger partial charge >= 0.3 is 11.9 Å². The quantitative estimate of drug-likeness (QED) is 0.0387. The van der Waals surface area contributed by atoms with Crippen molar-refractivity contribution < 1.29 is 24.2 Å². The Kier molecular flexibility index (Phi) is 42.2. The molecular weight excluding hydrogens is 693 g/mol. The summed E-state index contributed by atoms with van der Waals surface area (Å²) in [5, 5.41) is 9.57. The predicted molar refractivity (Wildman–Crippen MR) is 241 cm³/mol. The number of esters is 2. The van der Waals surface area contributed by atoms with Crippen molar-refractivity contribution in [1.29, 1.82) is 0 Å². The van der Waals surface area contributed by atoms with E-state index in [0.717, 1.165) is 128 Å². The molecule has 5 nitrogen and oxygen atoms in total. The molecule has 0 aromatic carbocycles. The van der Waals surface area contributed by atoms with Crippen LogP contribution >= 0.6 is 0 Å². The number of aliphatic hydroxyl groups excluding tert-OH is 1. The minimum absolute atomic E-state index is 0.102. The Morgan fingerprint density at radius 3 is 1.07 bits per heavy atom. The predicted octanol–water partition coefficient (Wildman–Crippen LogP) is 14.2. The maximum Gasteiger partial charge on any atom is 0.306 e. The minimum atomic E-state index is -0.807. The molecule has 1 atom stereocenters. The summed E-state index contributed by atoms with van der Waals surface area (Å²) in [4.78, 5) is 24.3. The van der Waals surface area contributed by atoms with Crippen molar-refractivity contribution >= 4 is 11.9 Å². The monoisotopic (exact) mass is 771 g/mol. The highest BCUT2D eigenvalue weighted by Crippen LogP contribution is 2.10. The smallest absolute Gasteiger partial charge is 0.306 e. The highest BCUT2D eigenvalue weighted by atomic mass is 16.6. The summed E-state index contributed by atoms with van der Waals surface area (Å²) in [7, 11) is 0. The van der Waals surface area contributed by atoms with Crippen molar-refractivity contribution in [3.8, 4) is 0 Å². The summed E-state index contributed by atoms with van der Waals surface area (Å²) in [6, 6.07) is 0. The SMILES string of the molecule is CC/C=C\C/C=C\C/C=C\C/C=C\C/C=C\C/C=C\C/C=C\C/C=C\CCCCCCC(=O)OC(CO)COC(=O)CCCCC/C=C\C/C=C\C/C=C\CC. The second kappa shape index (κ2) is 45.4. The molecule has 0 aliphatic heterocycles. The van der Waals surface area contributed by atoms with Gasteiger partial charge in [-0.3, -0.25) is 9.59 Å². The standard InChI is InChI=1S/C51H78O5/c1-3-5-7-9-11-13-15-17-18-19-20-21-22-23-24-25-26-27-28-29-30-31-32-34-36-38-40-42-44-46-51(54)56-49(47-52)48-55-50(53)45-43-41-39-37-35-33-16-14-12-10-8-6-4-2/h5-8,11-14,17-18,20-21,23-24,26-27,29-30,32-35,49,52H,3-4,9-10,15-16,19,22,25,28,31,36-48H2,1-2H3/b7-5-,8-6-,13-11-,14-12-,18-17-,21-20-,24-23-,27-26-,30-29-,34-32-,35-33-. The molecule has 1 N–H and O–H groups in total. The van der Waals surface area contributed by atoms with Gasteiger partial charge < -0.3 is 14.6 Å². The van der Waals surface area contributed by atoms with Crippen LogP contribution in [0.1, 0.15) is 155 Å². The number of ether oxygens (including phenoxy) is 2. The first-order valence-corrected chi connectivity index (χ1v) is 21.7. The van der Waals surface area contributed by atoms with Gasteiger partial charge in [0.2, 0.25) is 0 Å². The van der Waals surface area contributed by atoms with E-state index in [2.05, 4.69) is 148 Å². The largest absolute Gasteiger partial charge is 0.462 e. The van der Waals surface area contributed by atoms with Gasteiger partial charge in [0.15, 0.2) is 6.10 Å². The van der Waals surface area contributed by atoms with Crippen LogP contribution in [0.2, 0.25) is 0 Å². The van der Waals surface area contributed by atoms with E-state index in [0.29, 0.717) is 12.8 Å². The van der Waals surface area contributed by atoms with Crippen LogP contribution in [-0.4, -0.2) is 36.4 Å². The fourth-order valence-corrected chi connectivity index (χ4v) is 5.23. The molecule has 56 heavy (non-hydrogen) atoms. The third-order valence-electron chi connectivity index (χ3n) is 8.44. The Hall–Kier alpha value is -3.96. The molecule has 0 aliphatic carbocycles. The molecule has 0 rings (SSSR count). The van der Waals surface area contributed by atoms with E-state index in [-0.39, 0.29) is 25.2 Å². The lowest BCUT2D eigenvalue weighted by Crippen LogP contribution is -2.28. The highest BCUT2D eigenvalue weighted by molar-refractivity contribution is 5.70. The lowest BCUT2D eigenvalue weighted by molar-refractivity contribution is -0.161. The Morgan fingerprint density at radius 1 is 0.411 bits per heavy atom. The zero-order valence-electron chi connectivity index (χ0n) is 35.3. The van der Waals surface area contributed by atoms with Gasteiger partial charge in [-0.2, -0.15) is 0 Å². The van der Waals surface area contributed by atoms with Crippen molar-refractivity contribution in [3.63, 3.8) is 0 Å². The molecule has 0 heterocycles. The van der Waals surface area contributed by atoms with Crippen LogP contribution in [0, 0.1) is 0 Å². The van der Waals surface area contributed by atoms with Crippen LogP contribution < -0.4 is 0 Å². The first-order valence-electron chi connectivity index (χ1n) is 21.7. The number of unbranched alkanes of at least 4 members (excludes halogenated alkanes) is 7. The maximum absolute atomic E-state index is 12.2. The molecule has 0 aliphatic rings. The Balaban J connectivity index is 3.72. The van der Waals surface area contributed by atoms with Gasteiger partial charge in [-0.25, -0.2) is 0 Å². The van der Waals surface area contributed by atoms with E-state index in [4.69, 9.17) is 9.47 Å². The summed E-state index contributed by atoms with van der Waals surface area (Å²) < 4.78 is 10.6. The summed E-state index contributed by atoms with van der Waals surface area (Å²) in [6.45, 7) is 3.83. The summed E-state index contributed by atoms with van der Waals surface area (Å²) >= 11 is 0. The van der Waals surface area contributed by atoms with Gasteiger partial charge in [0.05, 0.1) is 6.61 Å².